The Balaban J connectivity index is 2.90. The lowest BCUT2D eigenvalue weighted by molar-refractivity contribution is -0.171. The number of amides is 2. The summed E-state index contributed by atoms with van der Waals surface area (Å²) >= 11 is 0. The van der Waals surface area contributed by atoms with Crippen LogP contribution in [0.4, 0.5) is 4.79 Å². The molecule has 1 N–H and O–H groups in total. The molecule has 152 valence electrons. The Morgan fingerprint density at radius 1 is 1.04 bits per heavy atom. The predicted octanol–water partition coefficient (Wildman–Crippen LogP) is 3.32. The van der Waals surface area contributed by atoms with Crippen molar-refractivity contribution in [2.75, 3.05) is 14.2 Å². The fourth-order valence-electron chi connectivity index (χ4n) is 2.24. The summed E-state index contributed by atoms with van der Waals surface area (Å²) in [5.41, 5.74) is -0.0776. The van der Waals surface area contributed by atoms with E-state index < -0.39 is 17.7 Å². The molecule has 0 aliphatic heterocycles. The molecule has 0 saturated carbocycles. The van der Waals surface area contributed by atoms with Crippen molar-refractivity contribution < 1.29 is 23.9 Å². The van der Waals surface area contributed by atoms with E-state index in [-0.39, 0.29) is 11.5 Å². The van der Waals surface area contributed by atoms with Crippen molar-refractivity contribution >= 4 is 12.0 Å². The summed E-state index contributed by atoms with van der Waals surface area (Å²) in [5, 5.41) is 3.71. The van der Waals surface area contributed by atoms with Crippen LogP contribution in [0.25, 0.3) is 0 Å². The van der Waals surface area contributed by atoms with Crippen LogP contribution in [-0.2, 0) is 20.8 Å². The number of hydrogen-bond donors (Lipinski definition) is 1. The molecular formula is C20H32N2O5. The van der Waals surface area contributed by atoms with E-state index in [4.69, 9.17) is 14.3 Å². The van der Waals surface area contributed by atoms with E-state index in [2.05, 4.69) is 5.32 Å². The highest BCUT2D eigenvalue weighted by Gasteiger charge is 2.27. The second kappa shape index (κ2) is 9.08. The average molecular weight is 380 g/mol. The van der Waals surface area contributed by atoms with E-state index in [9.17, 15) is 9.59 Å². The molecule has 0 unspecified atom stereocenters. The SMILES string of the molecule is CON(C)C(=O)[C@H](Cc1ccc(OC(C)(C)C)cc1)NC(=O)OC(C)(C)C. The molecule has 0 fully saturated rings. The van der Waals surface area contributed by atoms with E-state index in [0.717, 1.165) is 16.4 Å². The van der Waals surface area contributed by atoms with Gasteiger partial charge in [-0.05, 0) is 59.2 Å². The highest BCUT2D eigenvalue weighted by atomic mass is 16.7. The summed E-state index contributed by atoms with van der Waals surface area (Å²) in [6.07, 6.45) is -0.361. The third-order valence-electron chi connectivity index (χ3n) is 3.36. The highest BCUT2D eigenvalue weighted by Crippen LogP contribution is 2.19. The molecule has 0 aromatic heterocycles. The smallest absolute Gasteiger partial charge is 0.408 e. The number of rotatable bonds is 6. The zero-order chi connectivity index (χ0) is 20.8. The van der Waals surface area contributed by atoms with Gasteiger partial charge in [0.05, 0.1) is 7.11 Å². The number of likely N-dealkylation sites (N-methyl/N-ethyl adjacent to an activating group) is 1. The fraction of sp³-hybridized carbons (Fsp3) is 0.600. The Labute approximate surface area is 161 Å². The van der Waals surface area contributed by atoms with Gasteiger partial charge in [0, 0.05) is 13.5 Å². The Morgan fingerprint density at radius 2 is 1.59 bits per heavy atom. The Bertz CT molecular complexity index is 629. The molecule has 27 heavy (non-hydrogen) atoms. The molecule has 0 radical (unpaired) electrons. The Hall–Kier alpha value is -2.28. The maximum atomic E-state index is 12.5. The summed E-state index contributed by atoms with van der Waals surface area (Å²) in [6, 6.07) is 6.60. The normalized spacial score (nSPS) is 12.9. The molecule has 1 aromatic carbocycles. The van der Waals surface area contributed by atoms with Gasteiger partial charge in [0.2, 0.25) is 0 Å². The summed E-state index contributed by atoms with van der Waals surface area (Å²) < 4.78 is 11.1. The first-order valence-electron chi connectivity index (χ1n) is 8.90. The summed E-state index contributed by atoms with van der Waals surface area (Å²) in [6.45, 7) is 11.2. The van der Waals surface area contributed by atoms with Gasteiger partial charge in [-0.25, -0.2) is 9.86 Å². The molecule has 0 heterocycles. The molecule has 0 aliphatic rings. The van der Waals surface area contributed by atoms with Crippen molar-refractivity contribution in [1.29, 1.82) is 0 Å². The molecule has 0 spiro atoms. The van der Waals surface area contributed by atoms with Gasteiger partial charge in [-0.1, -0.05) is 12.1 Å². The van der Waals surface area contributed by atoms with E-state index in [1.807, 2.05) is 45.0 Å². The molecule has 2 amide bonds. The van der Waals surface area contributed by atoms with E-state index in [1.54, 1.807) is 20.8 Å². The lowest BCUT2D eigenvalue weighted by Gasteiger charge is -2.25. The van der Waals surface area contributed by atoms with Gasteiger partial charge >= 0.3 is 6.09 Å². The van der Waals surface area contributed by atoms with Gasteiger partial charge in [-0.3, -0.25) is 9.63 Å². The number of nitrogens with zero attached hydrogens (tertiary/aromatic N) is 1. The van der Waals surface area contributed by atoms with Crippen LogP contribution >= 0.6 is 0 Å². The van der Waals surface area contributed by atoms with Crippen molar-refractivity contribution in [2.24, 2.45) is 0 Å². The van der Waals surface area contributed by atoms with Crippen LogP contribution < -0.4 is 10.1 Å². The van der Waals surface area contributed by atoms with Crippen LogP contribution in [0, 0.1) is 0 Å². The summed E-state index contributed by atoms with van der Waals surface area (Å²) in [5.74, 6) is 0.363. The lowest BCUT2D eigenvalue weighted by Crippen LogP contribution is -2.49. The van der Waals surface area contributed by atoms with Gasteiger partial charge in [0.25, 0.3) is 5.91 Å². The minimum atomic E-state index is -0.820. The third kappa shape index (κ3) is 8.77. The minimum absolute atomic E-state index is 0.292. The number of carbonyl (C=O) groups is 2. The largest absolute Gasteiger partial charge is 0.488 e. The Kier molecular flexibility index (Phi) is 7.65. The molecule has 7 heteroatoms. The standard InChI is InChI=1S/C20H32N2O5/c1-19(2,3)26-15-11-9-14(10-12-15)13-16(17(23)22(7)25-8)21-18(24)27-20(4,5)6/h9-12,16H,13H2,1-8H3,(H,21,24)/t16-/m0/s1. The molecule has 0 aliphatic carbocycles. The highest BCUT2D eigenvalue weighted by molar-refractivity contribution is 5.85. The first-order chi connectivity index (χ1) is 12.3. The number of benzene rings is 1. The zero-order valence-electron chi connectivity index (χ0n) is 17.6. The quantitative estimate of drug-likeness (QED) is 0.766. The van der Waals surface area contributed by atoms with Crippen LogP contribution in [0.5, 0.6) is 5.75 Å². The molecule has 7 nitrogen and oxygen atoms in total. The van der Waals surface area contributed by atoms with E-state index >= 15 is 0 Å². The second-order valence-electron chi connectivity index (χ2n) is 8.28. The van der Waals surface area contributed by atoms with Crippen molar-refractivity contribution in [3.8, 4) is 5.75 Å². The molecule has 1 rings (SSSR count). The number of hydroxylamine groups is 2. The maximum Gasteiger partial charge on any atom is 0.408 e. The first-order valence-corrected chi connectivity index (χ1v) is 8.90. The van der Waals surface area contributed by atoms with Gasteiger partial charge in [0.15, 0.2) is 0 Å². The molecule has 1 aromatic rings. The Morgan fingerprint density at radius 3 is 2.04 bits per heavy atom. The van der Waals surface area contributed by atoms with E-state index in [1.165, 1.54) is 14.2 Å². The van der Waals surface area contributed by atoms with Gasteiger partial charge in [-0.15, -0.1) is 0 Å². The summed E-state index contributed by atoms with van der Waals surface area (Å²) in [4.78, 5) is 29.6. The number of carbonyl (C=O) groups excluding carboxylic acids is 2. The number of hydrogen-bond acceptors (Lipinski definition) is 5. The van der Waals surface area contributed by atoms with Gasteiger partial charge in [0.1, 0.15) is 23.0 Å². The predicted molar refractivity (Wildman–Crippen MR) is 103 cm³/mol. The second-order valence-corrected chi connectivity index (χ2v) is 8.28. The fourth-order valence-corrected chi connectivity index (χ4v) is 2.24. The lowest BCUT2D eigenvalue weighted by atomic mass is 10.0. The zero-order valence-corrected chi connectivity index (χ0v) is 17.6. The molecular weight excluding hydrogens is 348 g/mol. The number of alkyl carbamates (subject to hydrolysis) is 1. The minimum Gasteiger partial charge on any atom is -0.488 e. The monoisotopic (exact) mass is 380 g/mol. The van der Waals surface area contributed by atoms with Crippen LogP contribution in [0.1, 0.15) is 47.1 Å². The van der Waals surface area contributed by atoms with Crippen LogP contribution in [0.3, 0.4) is 0 Å². The van der Waals surface area contributed by atoms with Gasteiger partial charge < -0.3 is 14.8 Å². The van der Waals surface area contributed by atoms with Crippen LogP contribution in [-0.4, -0.2) is 48.5 Å². The number of nitrogens with one attached hydrogen (secondary N) is 1. The first kappa shape index (κ1) is 22.8. The van der Waals surface area contributed by atoms with Gasteiger partial charge in [-0.2, -0.15) is 0 Å². The summed E-state index contributed by atoms with van der Waals surface area (Å²) in [7, 11) is 2.88. The molecule has 0 saturated heterocycles. The van der Waals surface area contributed by atoms with Crippen molar-refractivity contribution in [2.45, 2.75) is 65.2 Å². The third-order valence-corrected chi connectivity index (χ3v) is 3.36. The average Bonchev–Trinajstić information content (AvgIpc) is 2.51. The van der Waals surface area contributed by atoms with Crippen LogP contribution in [0.2, 0.25) is 0 Å². The van der Waals surface area contributed by atoms with E-state index in [0.29, 0.717) is 6.42 Å². The van der Waals surface area contributed by atoms with Crippen LogP contribution in [0.15, 0.2) is 24.3 Å². The topological polar surface area (TPSA) is 77.1 Å². The van der Waals surface area contributed by atoms with Crippen molar-refractivity contribution in [3.05, 3.63) is 29.8 Å². The van der Waals surface area contributed by atoms with Crippen molar-refractivity contribution in [1.82, 2.24) is 10.4 Å². The molecule has 0 bridgehead atoms. The van der Waals surface area contributed by atoms with Crippen molar-refractivity contribution in [3.63, 3.8) is 0 Å². The number of ether oxygens (including phenoxy) is 2. The molecule has 1 atom stereocenters. The maximum absolute atomic E-state index is 12.5.